The number of pyridine rings is 1. The SMILES string of the molecule is CCOc1ccc(C(C(=O)NC2CCCC2)N(CCOC)C(=O)CCC(=O)Nc2ccccn2)cc1. The zero-order chi connectivity index (χ0) is 25.8. The van der Waals surface area contributed by atoms with Crippen LogP contribution in [0.4, 0.5) is 5.82 Å². The van der Waals surface area contributed by atoms with Crippen molar-refractivity contribution in [3.8, 4) is 5.75 Å². The highest BCUT2D eigenvalue weighted by molar-refractivity contribution is 5.94. The predicted molar refractivity (Wildman–Crippen MR) is 136 cm³/mol. The van der Waals surface area contributed by atoms with E-state index >= 15 is 0 Å². The third-order valence-electron chi connectivity index (χ3n) is 6.12. The Kier molecular flexibility index (Phi) is 10.7. The van der Waals surface area contributed by atoms with E-state index in [4.69, 9.17) is 9.47 Å². The molecule has 9 nitrogen and oxygen atoms in total. The summed E-state index contributed by atoms with van der Waals surface area (Å²) in [6.07, 6.45) is 5.53. The second kappa shape index (κ2) is 14.2. The van der Waals surface area contributed by atoms with Crippen molar-refractivity contribution in [1.82, 2.24) is 15.2 Å². The molecule has 1 fully saturated rings. The Morgan fingerprint density at radius 1 is 1.08 bits per heavy atom. The van der Waals surface area contributed by atoms with Crippen molar-refractivity contribution < 1.29 is 23.9 Å². The number of anilines is 1. The Bertz CT molecular complexity index is 977. The van der Waals surface area contributed by atoms with Crippen molar-refractivity contribution in [2.75, 3.05) is 32.2 Å². The number of rotatable bonds is 13. The zero-order valence-corrected chi connectivity index (χ0v) is 21.1. The van der Waals surface area contributed by atoms with E-state index in [9.17, 15) is 14.4 Å². The molecule has 0 spiro atoms. The summed E-state index contributed by atoms with van der Waals surface area (Å²) < 4.78 is 10.8. The third-order valence-corrected chi connectivity index (χ3v) is 6.12. The average Bonchev–Trinajstić information content (AvgIpc) is 3.39. The van der Waals surface area contributed by atoms with Gasteiger partial charge in [0.05, 0.1) is 13.2 Å². The van der Waals surface area contributed by atoms with Crippen LogP contribution in [0.25, 0.3) is 0 Å². The Labute approximate surface area is 212 Å². The maximum Gasteiger partial charge on any atom is 0.247 e. The van der Waals surface area contributed by atoms with Gasteiger partial charge in [0.15, 0.2) is 0 Å². The first-order valence-corrected chi connectivity index (χ1v) is 12.5. The Balaban J connectivity index is 1.78. The standard InChI is InChI=1S/C27H36N4O5/c1-3-36-22-13-11-20(12-14-22)26(27(34)29-21-8-4-5-9-21)31(18-19-35-2)25(33)16-15-24(32)30-23-10-6-7-17-28-23/h6-7,10-14,17,21,26H,3-5,8-9,15-16,18-19H2,1-2H3,(H,29,34)(H,28,30,32). The van der Waals surface area contributed by atoms with Crippen molar-refractivity contribution in [2.45, 2.75) is 57.5 Å². The number of benzene rings is 1. The lowest BCUT2D eigenvalue weighted by Gasteiger charge is -2.32. The predicted octanol–water partition coefficient (Wildman–Crippen LogP) is 3.47. The smallest absolute Gasteiger partial charge is 0.247 e. The third kappa shape index (κ3) is 8.05. The molecule has 36 heavy (non-hydrogen) atoms. The first kappa shape index (κ1) is 27.1. The first-order chi connectivity index (χ1) is 17.5. The van der Waals surface area contributed by atoms with E-state index in [2.05, 4.69) is 15.6 Å². The van der Waals surface area contributed by atoms with E-state index < -0.39 is 6.04 Å². The molecular weight excluding hydrogens is 460 g/mol. The molecule has 2 aromatic rings. The summed E-state index contributed by atoms with van der Waals surface area (Å²) in [4.78, 5) is 44.9. The van der Waals surface area contributed by atoms with E-state index in [1.807, 2.05) is 19.1 Å². The molecule has 2 N–H and O–H groups in total. The van der Waals surface area contributed by atoms with Crippen LogP contribution in [0.5, 0.6) is 5.75 Å². The number of carbonyl (C=O) groups excluding carboxylic acids is 3. The van der Waals surface area contributed by atoms with E-state index in [0.717, 1.165) is 25.7 Å². The highest BCUT2D eigenvalue weighted by Crippen LogP contribution is 2.27. The number of amides is 3. The monoisotopic (exact) mass is 496 g/mol. The molecule has 9 heteroatoms. The van der Waals surface area contributed by atoms with Gasteiger partial charge in [0.2, 0.25) is 17.7 Å². The minimum Gasteiger partial charge on any atom is -0.494 e. The maximum absolute atomic E-state index is 13.5. The van der Waals surface area contributed by atoms with Crippen LogP contribution in [0.15, 0.2) is 48.7 Å². The van der Waals surface area contributed by atoms with Gasteiger partial charge in [-0.2, -0.15) is 0 Å². The summed E-state index contributed by atoms with van der Waals surface area (Å²) in [5.41, 5.74) is 0.677. The van der Waals surface area contributed by atoms with Crippen LogP contribution in [0.3, 0.4) is 0 Å². The summed E-state index contributed by atoms with van der Waals surface area (Å²) in [6, 6.07) is 11.7. The van der Waals surface area contributed by atoms with Crippen molar-refractivity contribution in [1.29, 1.82) is 0 Å². The molecule has 1 saturated carbocycles. The molecule has 1 aliphatic carbocycles. The van der Waals surface area contributed by atoms with Gasteiger partial charge in [-0.1, -0.05) is 31.0 Å². The van der Waals surface area contributed by atoms with Gasteiger partial charge in [-0.3, -0.25) is 14.4 Å². The highest BCUT2D eigenvalue weighted by Gasteiger charge is 2.33. The number of ether oxygens (including phenoxy) is 2. The minimum absolute atomic E-state index is 0.0286. The summed E-state index contributed by atoms with van der Waals surface area (Å²) in [5, 5.41) is 5.82. The lowest BCUT2D eigenvalue weighted by atomic mass is 10.0. The maximum atomic E-state index is 13.5. The molecule has 3 amide bonds. The molecule has 0 bridgehead atoms. The summed E-state index contributed by atoms with van der Waals surface area (Å²) in [6.45, 7) is 2.91. The van der Waals surface area contributed by atoms with Crippen molar-refractivity contribution >= 4 is 23.5 Å². The normalized spacial score (nSPS) is 14.2. The number of aromatic nitrogens is 1. The van der Waals surface area contributed by atoms with Crippen LogP contribution in [-0.2, 0) is 19.1 Å². The fourth-order valence-electron chi connectivity index (χ4n) is 4.33. The van der Waals surface area contributed by atoms with E-state index in [0.29, 0.717) is 23.7 Å². The molecule has 194 valence electrons. The molecule has 1 aliphatic rings. The second-order valence-electron chi connectivity index (χ2n) is 8.74. The second-order valence-corrected chi connectivity index (χ2v) is 8.74. The van der Waals surface area contributed by atoms with Crippen LogP contribution in [0.1, 0.15) is 57.1 Å². The summed E-state index contributed by atoms with van der Waals surface area (Å²) in [7, 11) is 1.55. The van der Waals surface area contributed by atoms with Gasteiger partial charge >= 0.3 is 0 Å². The zero-order valence-electron chi connectivity index (χ0n) is 21.1. The highest BCUT2D eigenvalue weighted by atomic mass is 16.5. The Morgan fingerprint density at radius 3 is 2.47 bits per heavy atom. The van der Waals surface area contributed by atoms with Gasteiger partial charge < -0.3 is 25.0 Å². The topological polar surface area (TPSA) is 110 Å². The van der Waals surface area contributed by atoms with Gasteiger partial charge in [-0.15, -0.1) is 0 Å². The fourth-order valence-corrected chi connectivity index (χ4v) is 4.33. The minimum atomic E-state index is -0.845. The van der Waals surface area contributed by atoms with Crippen LogP contribution in [0.2, 0.25) is 0 Å². The fraction of sp³-hybridized carbons (Fsp3) is 0.481. The van der Waals surface area contributed by atoms with E-state index in [-0.39, 0.29) is 49.8 Å². The largest absolute Gasteiger partial charge is 0.494 e. The number of methoxy groups -OCH3 is 1. The van der Waals surface area contributed by atoms with Crippen LogP contribution < -0.4 is 15.4 Å². The van der Waals surface area contributed by atoms with Gasteiger partial charge in [-0.25, -0.2) is 4.98 Å². The lowest BCUT2D eigenvalue weighted by Crippen LogP contribution is -2.47. The molecule has 1 aromatic carbocycles. The van der Waals surface area contributed by atoms with Gasteiger partial charge in [0.25, 0.3) is 0 Å². The van der Waals surface area contributed by atoms with Crippen molar-refractivity contribution in [3.63, 3.8) is 0 Å². The summed E-state index contributed by atoms with van der Waals surface area (Å²) in [5.74, 6) is 0.269. The number of carbonyl (C=O) groups is 3. The molecule has 0 aliphatic heterocycles. The molecule has 1 atom stereocenters. The lowest BCUT2D eigenvalue weighted by molar-refractivity contribution is -0.142. The van der Waals surface area contributed by atoms with Crippen LogP contribution in [0, 0.1) is 0 Å². The van der Waals surface area contributed by atoms with Crippen LogP contribution in [-0.4, -0.2) is 60.5 Å². The molecule has 1 heterocycles. The Hall–Kier alpha value is -3.46. The molecule has 1 unspecified atom stereocenters. The van der Waals surface area contributed by atoms with Crippen molar-refractivity contribution in [2.24, 2.45) is 0 Å². The number of hydrogen-bond acceptors (Lipinski definition) is 6. The first-order valence-electron chi connectivity index (χ1n) is 12.5. The van der Waals surface area contributed by atoms with E-state index in [1.165, 1.54) is 4.90 Å². The number of hydrogen-bond donors (Lipinski definition) is 2. The molecule has 3 rings (SSSR count). The summed E-state index contributed by atoms with van der Waals surface area (Å²) >= 11 is 0. The number of nitrogens with zero attached hydrogens (tertiary/aromatic N) is 2. The molecule has 0 radical (unpaired) electrons. The van der Waals surface area contributed by atoms with Gasteiger partial charge in [0.1, 0.15) is 17.6 Å². The van der Waals surface area contributed by atoms with Gasteiger partial charge in [-0.05, 0) is 49.6 Å². The quantitative estimate of drug-likeness (QED) is 0.439. The molecule has 1 aromatic heterocycles. The van der Waals surface area contributed by atoms with E-state index in [1.54, 1.807) is 43.6 Å². The molecule has 0 saturated heterocycles. The number of nitrogens with one attached hydrogen (secondary N) is 2. The van der Waals surface area contributed by atoms with Gasteiger partial charge in [0, 0.05) is 38.7 Å². The Morgan fingerprint density at radius 2 is 1.83 bits per heavy atom. The molecular formula is C27H36N4O5. The van der Waals surface area contributed by atoms with Crippen LogP contribution >= 0.6 is 0 Å². The average molecular weight is 497 g/mol. The van der Waals surface area contributed by atoms with Crippen molar-refractivity contribution in [3.05, 3.63) is 54.2 Å².